The fraction of sp³-hybridized carbons (Fsp3) is 0.778. The first-order valence-electron chi connectivity index (χ1n) is 9.12. The second-order valence-corrected chi connectivity index (χ2v) is 19.5. The van der Waals surface area contributed by atoms with Crippen LogP contribution in [0.25, 0.3) is 0 Å². The van der Waals surface area contributed by atoms with Gasteiger partial charge in [-0.05, 0) is 0 Å². The van der Waals surface area contributed by atoms with E-state index in [4.69, 9.17) is 9.47 Å². The van der Waals surface area contributed by atoms with Crippen LogP contribution in [0.1, 0.15) is 59.3 Å². The minimum absolute atomic E-state index is 0.410. The third-order valence-electron chi connectivity index (χ3n) is 4.71. The fourth-order valence-corrected chi connectivity index (χ4v) is 19.3. The number of ether oxygens (including phenoxy) is 2. The van der Waals surface area contributed by atoms with E-state index in [0.717, 1.165) is 5.88 Å². The maximum absolute atomic E-state index is 5.66. The first kappa shape index (κ1) is 20.5. The Bertz CT molecular complexity index is 433. The van der Waals surface area contributed by atoms with Gasteiger partial charge in [-0.1, -0.05) is 0 Å². The fourth-order valence-electron chi connectivity index (χ4n) is 3.29. The summed E-state index contributed by atoms with van der Waals surface area (Å²) in [6.45, 7) is 6.87. The van der Waals surface area contributed by atoms with Crippen LogP contribution in [0.5, 0.6) is 11.9 Å². The number of aromatic nitrogens is 2. The second kappa shape index (κ2) is 11.1. The predicted octanol–water partition coefficient (Wildman–Crippen LogP) is 4.55. The molecule has 0 spiro atoms. The molecule has 4 nitrogen and oxygen atoms in total. The van der Waals surface area contributed by atoms with Gasteiger partial charge in [0.15, 0.2) is 0 Å². The van der Waals surface area contributed by atoms with E-state index in [1.165, 1.54) is 55.4 Å². The van der Waals surface area contributed by atoms with Crippen LogP contribution in [0, 0.1) is 0 Å². The average molecular weight is 429 g/mol. The molecule has 0 amide bonds. The van der Waals surface area contributed by atoms with Crippen LogP contribution in [0.4, 0.5) is 0 Å². The molecule has 0 bridgehead atoms. The van der Waals surface area contributed by atoms with Gasteiger partial charge >= 0.3 is 146 Å². The van der Waals surface area contributed by atoms with Crippen LogP contribution in [0.2, 0.25) is 13.3 Å². The molecule has 0 fully saturated rings. The molecule has 1 heterocycles. The van der Waals surface area contributed by atoms with E-state index in [9.17, 15) is 0 Å². The number of nitrogens with zero attached hydrogens (tertiary/aromatic N) is 2. The molecule has 0 aliphatic rings. The summed E-state index contributed by atoms with van der Waals surface area (Å²) in [6.07, 6.45) is 9.76. The van der Waals surface area contributed by atoms with Crippen LogP contribution in [0.3, 0.4) is 0 Å². The molecular weight excluding hydrogens is 395 g/mol. The number of hydrogen-bond donors (Lipinski definition) is 0. The summed E-state index contributed by atoms with van der Waals surface area (Å²) in [5.74, 6) is 0.774. The predicted molar refractivity (Wildman–Crippen MR) is 99.7 cm³/mol. The molecule has 0 unspecified atom stereocenters. The molecular formula is C18H34N2O2Sn. The summed E-state index contributed by atoms with van der Waals surface area (Å²) in [5.41, 5.74) is 0. The second-order valence-electron chi connectivity index (χ2n) is 6.37. The Morgan fingerprint density at radius 2 is 1.39 bits per heavy atom. The molecule has 1 aromatic heterocycles. The van der Waals surface area contributed by atoms with E-state index < -0.39 is 18.4 Å². The van der Waals surface area contributed by atoms with Crippen molar-refractivity contribution in [1.82, 2.24) is 9.97 Å². The Morgan fingerprint density at radius 1 is 0.870 bits per heavy atom. The minimum atomic E-state index is -2.55. The molecule has 0 radical (unpaired) electrons. The Balaban J connectivity index is 3.27. The SMILES string of the molecule is CCC[CH2][Sn]([CH2]CCC)([CH2]CCC)[c]1cnc(OC)nc1OC. The van der Waals surface area contributed by atoms with E-state index >= 15 is 0 Å². The van der Waals surface area contributed by atoms with Gasteiger partial charge in [0.2, 0.25) is 0 Å². The van der Waals surface area contributed by atoms with Gasteiger partial charge < -0.3 is 0 Å². The molecule has 0 aromatic carbocycles. The van der Waals surface area contributed by atoms with Crippen molar-refractivity contribution in [3.8, 4) is 11.9 Å². The van der Waals surface area contributed by atoms with Crippen molar-refractivity contribution < 1.29 is 9.47 Å². The first-order chi connectivity index (χ1) is 11.2. The van der Waals surface area contributed by atoms with E-state index in [2.05, 4.69) is 30.7 Å². The van der Waals surface area contributed by atoms with Crippen molar-refractivity contribution >= 4 is 22.0 Å². The van der Waals surface area contributed by atoms with Gasteiger partial charge in [0.25, 0.3) is 0 Å². The Labute approximate surface area is 146 Å². The summed E-state index contributed by atoms with van der Waals surface area (Å²) >= 11 is -2.55. The molecule has 0 aliphatic carbocycles. The van der Waals surface area contributed by atoms with E-state index in [0.29, 0.717) is 6.01 Å². The van der Waals surface area contributed by atoms with Crippen LogP contribution >= 0.6 is 0 Å². The van der Waals surface area contributed by atoms with Crippen molar-refractivity contribution in [2.24, 2.45) is 0 Å². The standard InChI is InChI=1S/C6H7N2O2.3C4H9.Sn/c1-9-5-3-4-7-6(8-5)10-2;3*1-3-4-2;/h4H,1-2H3;3*1,3-4H2,2H3;. The van der Waals surface area contributed by atoms with Gasteiger partial charge in [-0.3, -0.25) is 0 Å². The third-order valence-corrected chi connectivity index (χ3v) is 20.2. The third kappa shape index (κ3) is 5.80. The van der Waals surface area contributed by atoms with Crippen LogP contribution in [-0.4, -0.2) is 42.6 Å². The van der Waals surface area contributed by atoms with Gasteiger partial charge in [0, 0.05) is 0 Å². The van der Waals surface area contributed by atoms with Crippen molar-refractivity contribution in [3.63, 3.8) is 0 Å². The first-order valence-corrected chi connectivity index (χ1v) is 16.6. The van der Waals surface area contributed by atoms with Gasteiger partial charge in [-0.15, -0.1) is 0 Å². The zero-order valence-corrected chi connectivity index (χ0v) is 18.5. The number of rotatable bonds is 12. The molecule has 1 rings (SSSR count). The van der Waals surface area contributed by atoms with Gasteiger partial charge in [0.05, 0.1) is 0 Å². The quantitative estimate of drug-likeness (QED) is 0.458. The molecule has 0 saturated carbocycles. The summed E-state index contributed by atoms with van der Waals surface area (Å²) < 4.78 is 16.4. The van der Waals surface area contributed by atoms with E-state index in [1.54, 1.807) is 14.2 Å². The van der Waals surface area contributed by atoms with Crippen LogP contribution < -0.4 is 13.1 Å². The molecule has 0 aliphatic heterocycles. The van der Waals surface area contributed by atoms with E-state index in [1.807, 2.05) is 6.20 Å². The monoisotopic (exact) mass is 430 g/mol. The molecule has 0 N–H and O–H groups in total. The van der Waals surface area contributed by atoms with Gasteiger partial charge in [-0.2, -0.15) is 0 Å². The van der Waals surface area contributed by atoms with Gasteiger partial charge in [-0.25, -0.2) is 0 Å². The number of hydrogen-bond acceptors (Lipinski definition) is 4. The molecule has 0 saturated heterocycles. The van der Waals surface area contributed by atoms with Crippen LogP contribution in [0.15, 0.2) is 6.20 Å². The van der Waals surface area contributed by atoms with Crippen molar-refractivity contribution in [1.29, 1.82) is 0 Å². The topological polar surface area (TPSA) is 44.2 Å². The summed E-state index contributed by atoms with van der Waals surface area (Å²) in [6, 6.07) is 0.410. The summed E-state index contributed by atoms with van der Waals surface area (Å²) in [4.78, 5) is 8.93. The molecule has 23 heavy (non-hydrogen) atoms. The Morgan fingerprint density at radius 3 is 1.78 bits per heavy atom. The summed E-state index contributed by atoms with van der Waals surface area (Å²) in [7, 11) is 3.33. The Kier molecular flexibility index (Phi) is 9.91. The molecule has 0 atom stereocenters. The van der Waals surface area contributed by atoms with Crippen molar-refractivity contribution in [3.05, 3.63) is 6.20 Å². The van der Waals surface area contributed by atoms with Crippen molar-refractivity contribution in [2.75, 3.05) is 14.2 Å². The molecule has 1 aromatic rings. The average Bonchev–Trinajstić information content (AvgIpc) is 2.61. The molecule has 132 valence electrons. The van der Waals surface area contributed by atoms with Crippen molar-refractivity contribution in [2.45, 2.75) is 72.6 Å². The molecule has 5 heteroatoms. The Hall–Kier alpha value is -0.521. The zero-order chi connectivity index (χ0) is 17.1. The van der Waals surface area contributed by atoms with E-state index in [-0.39, 0.29) is 0 Å². The maximum atomic E-state index is 5.66. The zero-order valence-electron chi connectivity index (χ0n) is 15.7. The number of methoxy groups -OCH3 is 2. The summed E-state index contributed by atoms with van der Waals surface area (Å²) in [5, 5.41) is 0. The van der Waals surface area contributed by atoms with Gasteiger partial charge in [0.1, 0.15) is 0 Å². The normalized spacial score (nSPS) is 11.5. The van der Waals surface area contributed by atoms with Crippen LogP contribution in [-0.2, 0) is 0 Å². The number of unbranched alkanes of at least 4 members (excludes halogenated alkanes) is 3.